The summed E-state index contributed by atoms with van der Waals surface area (Å²) in [6.45, 7) is 5.14. The minimum Gasteiger partial charge on any atom is -0.313 e. The highest BCUT2D eigenvalue weighted by atomic mass is 32.2. The van der Waals surface area contributed by atoms with E-state index in [-0.39, 0.29) is 6.04 Å². The van der Waals surface area contributed by atoms with Gasteiger partial charge in [-0.2, -0.15) is 0 Å². The Morgan fingerprint density at radius 3 is 2.50 bits per heavy atom. The van der Waals surface area contributed by atoms with Gasteiger partial charge in [-0.05, 0) is 36.4 Å². The van der Waals surface area contributed by atoms with Gasteiger partial charge in [-0.1, -0.05) is 37.3 Å². The highest BCUT2D eigenvalue weighted by Gasteiger charge is 2.15. The van der Waals surface area contributed by atoms with Crippen molar-refractivity contribution in [2.75, 3.05) is 13.1 Å². The summed E-state index contributed by atoms with van der Waals surface area (Å²) in [5.41, 5.74) is 0. The Balaban J connectivity index is 2.19. The maximum atomic E-state index is 12.2. The van der Waals surface area contributed by atoms with Gasteiger partial charge in [0.15, 0.2) is 0 Å². The molecule has 2 N–H and O–H groups in total. The second-order valence-corrected chi connectivity index (χ2v) is 6.59. The van der Waals surface area contributed by atoms with Crippen molar-refractivity contribution in [2.24, 2.45) is 0 Å². The van der Waals surface area contributed by atoms with Crippen LogP contribution < -0.4 is 10.0 Å². The van der Waals surface area contributed by atoms with E-state index in [0.29, 0.717) is 11.4 Å². The van der Waals surface area contributed by atoms with Crippen LogP contribution in [0.25, 0.3) is 10.8 Å². The third-order valence-electron chi connectivity index (χ3n) is 3.16. The molecule has 4 nitrogen and oxygen atoms in total. The molecule has 20 heavy (non-hydrogen) atoms. The summed E-state index contributed by atoms with van der Waals surface area (Å²) in [5, 5.41) is 5.13. The van der Waals surface area contributed by atoms with E-state index in [2.05, 4.69) is 10.0 Å². The van der Waals surface area contributed by atoms with Crippen molar-refractivity contribution >= 4 is 20.8 Å². The maximum Gasteiger partial charge on any atom is 0.240 e. The van der Waals surface area contributed by atoms with Crippen LogP contribution in [0.15, 0.2) is 47.4 Å². The normalized spacial score (nSPS) is 13.5. The molecule has 2 aromatic carbocycles. The Morgan fingerprint density at radius 2 is 1.80 bits per heavy atom. The summed E-state index contributed by atoms with van der Waals surface area (Å²) < 4.78 is 27.1. The van der Waals surface area contributed by atoms with E-state index in [1.165, 1.54) is 0 Å². The number of nitrogens with one attached hydrogen (secondary N) is 2. The topological polar surface area (TPSA) is 58.2 Å². The van der Waals surface area contributed by atoms with E-state index in [4.69, 9.17) is 0 Å². The molecule has 1 atom stereocenters. The van der Waals surface area contributed by atoms with Crippen molar-refractivity contribution in [1.82, 2.24) is 10.0 Å². The lowest BCUT2D eigenvalue weighted by atomic mass is 10.1. The number of sulfonamides is 1. The summed E-state index contributed by atoms with van der Waals surface area (Å²) in [4.78, 5) is 0.305. The number of hydrogen-bond acceptors (Lipinski definition) is 3. The molecular formula is C15H20N2O2S. The highest BCUT2D eigenvalue weighted by Crippen LogP contribution is 2.18. The first-order chi connectivity index (χ1) is 9.53. The molecule has 0 bridgehead atoms. The van der Waals surface area contributed by atoms with Crippen molar-refractivity contribution in [3.05, 3.63) is 42.5 Å². The first-order valence-corrected chi connectivity index (χ1v) is 8.23. The van der Waals surface area contributed by atoms with Crippen LogP contribution in [0.5, 0.6) is 0 Å². The van der Waals surface area contributed by atoms with Crippen LogP contribution in [0.1, 0.15) is 13.8 Å². The molecule has 0 unspecified atom stereocenters. The predicted molar refractivity (Wildman–Crippen MR) is 82.3 cm³/mol. The minimum absolute atomic E-state index is 0.107. The van der Waals surface area contributed by atoms with Crippen LogP contribution in [-0.4, -0.2) is 27.5 Å². The van der Waals surface area contributed by atoms with Crippen molar-refractivity contribution < 1.29 is 8.42 Å². The molecular weight excluding hydrogens is 272 g/mol. The molecule has 108 valence electrons. The second-order valence-electron chi connectivity index (χ2n) is 4.82. The van der Waals surface area contributed by atoms with Gasteiger partial charge in [0, 0.05) is 12.6 Å². The van der Waals surface area contributed by atoms with Gasteiger partial charge in [0.25, 0.3) is 0 Å². The molecule has 0 aliphatic rings. The van der Waals surface area contributed by atoms with E-state index in [1.54, 1.807) is 12.1 Å². The Hall–Kier alpha value is -1.43. The Kier molecular flexibility index (Phi) is 4.75. The molecule has 0 radical (unpaired) electrons. The third kappa shape index (κ3) is 3.56. The average molecular weight is 292 g/mol. The third-order valence-corrected chi connectivity index (χ3v) is 4.58. The van der Waals surface area contributed by atoms with Gasteiger partial charge in [0.05, 0.1) is 4.90 Å². The van der Waals surface area contributed by atoms with Gasteiger partial charge in [-0.3, -0.25) is 0 Å². The Labute approximate surface area is 120 Å². The van der Waals surface area contributed by atoms with Gasteiger partial charge < -0.3 is 5.32 Å². The van der Waals surface area contributed by atoms with Gasteiger partial charge in [-0.25, -0.2) is 13.1 Å². The Morgan fingerprint density at radius 1 is 1.10 bits per heavy atom. The zero-order valence-corrected chi connectivity index (χ0v) is 12.6. The lowest BCUT2D eigenvalue weighted by Crippen LogP contribution is -2.38. The first-order valence-electron chi connectivity index (χ1n) is 6.75. The second kappa shape index (κ2) is 6.35. The zero-order valence-electron chi connectivity index (χ0n) is 11.8. The smallest absolute Gasteiger partial charge is 0.240 e. The number of benzene rings is 2. The molecule has 0 spiro atoms. The lowest BCUT2D eigenvalue weighted by molar-refractivity contribution is 0.536. The Bertz CT molecular complexity index is 683. The highest BCUT2D eigenvalue weighted by molar-refractivity contribution is 7.89. The van der Waals surface area contributed by atoms with Crippen LogP contribution in [0, 0.1) is 0 Å². The summed E-state index contributed by atoms with van der Waals surface area (Å²) in [6, 6.07) is 13.0. The van der Waals surface area contributed by atoms with Crippen LogP contribution >= 0.6 is 0 Å². The summed E-state index contributed by atoms with van der Waals surface area (Å²) in [6.07, 6.45) is 0. The fraction of sp³-hybridized carbons (Fsp3) is 0.333. The number of hydrogen-bond donors (Lipinski definition) is 2. The molecule has 0 fully saturated rings. The minimum atomic E-state index is -3.46. The van der Waals surface area contributed by atoms with Crippen LogP contribution in [0.3, 0.4) is 0 Å². The van der Waals surface area contributed by atoms with Gasteiger partial charge >= 0.3 is 0 Å². The predicted octanol–water partition coefficient (Wildman–Crippen LogP) is 2.12. The summed E-state index contributed by atoms with van der Waals surface area (Å²) >= 11 is 0. The maximum absolute atomic E-state index is 12.2. The van der Waals surface area contributed by atoms with E-state index in [0.717, 1.165) is 17.3 Å². The van der Waals surface area contributed by atoms with Gasteiger partial charge in [-0.15, -0.1) is 0 Å². The molecule has 0 saturated heterocycles. The molecule has 0 saturated carbocycles. The molecule has 0 amide bonds. The molecule has 0 aliphatic carbocycles. The lowest BCUT2D eigenvalue weighted by Gasteiger charge is -2.13. The molecule has 5 heteroatoms. The van der Waals surface area contributed by atoms with Crippen molar-refractivity contribution in [3.63, 3.8) is 0 Å². The summed E-state index contributed by atoms with van der Waals surface area (Å²) in [7, 11) is -3.46. The fourth-order valence-electron chi connectivity index (χ4n) is 2.07. The van der Waals surface area contributed by atoms with E-state index in [1.807, 2.05) is 44.2 Å². The number of fused-ring (bicyclic) bond motifs is 1. The fourth-order valence-corrected chi connectivity index (χ4v) is 3.24. The molecule has 0 aromatic heterocycles. The van der Waals surface area contributed by atoms with Gasteiger partial charge in [0.2, 0.25) is 10.0 Å². The molecule has 0 aliphatic heterocycles. The van der Waals surface area contributed by atoms with Crippen molar-refractivity contribution in [2.45, 2.75) is 24.8 Å². The number of likely N-dealkylation sites (N-methyl/N-ethyl adjacent to an activating group) is 1. The van der Waals surface area contributed by atoms with Crippen molar-refractivity contribution in [3.8, 4) is 0 Å². The number of rotatable bonds is 6. The monoisotopic (exact) mass is 292 g/mol. The average Bonchev–Trinajstić information content (AvgIpc) is 2.45. The standard InChI is InChI=1S/C15H20N2O2S/c1-3-16-12(2)11-17-20(18,19)15-9-8-13-6-4-5-7-14(13)10-15/h4-10,12,16-17H,3,11H2,1-2H3/t12-/m1/s1. The molecule has 2 rings (SSSR count). The van der Waals surface area contributed by atoms with E-state index >= 15 is 0 Å². The summed E-state index contributed by atoms with van der Waals surface area (Å²) in [5.74, 6) is 0. The molecule has 2 aromatic rings. The quantitative estimate of drug-likeness (QED) is 0.857. The van der Waals surface area contributed by atoms with Crippen LogP contribution in [0.2, 0.25) is 0 Å². The van der Waals surface area contributed by atoms with Crippen molar-refractivity contribution in [1.29, 1.82) is 0 Å². The molecule has 0 heterocycles. The van der Waals surface area contributed by atoms with E-state index < -0.39 is 10.0 Å². The van der Waals surface area contributed by atoms with Gasteiger partial charge in [0.1, 0.15) is 0 Å². The van der Waals surface area contributed by atoms with Crippen LogP contribution in [0.4, 0.5) is 0 Å². The first kappa shape index (κ1) is 15.0. The largest absolute Gasteiger partial charge is 0.313 e. The van der Waals surface area contributed by atoms with E-state index in [9.17, 15) is 8.42 Å². The SMILES string of the molecule is CCN[C@H](C)CNS(=O)(=O)c1ccc2ccccc2c1. The van der Waals surface area contributed by atoms with Crippen LogP contribution in [-0.2, 0) is 10.0 Å². The zero-order chi connectivity index (χ0) is 14.6.